The van der Waals surface area contributed by atoms with E-state index in [-0.39, 0.29) is 4.48 Å². The first-order chi connectivity index (χ1) is 6.35. The van der Waals surface area contributed by atoms with E-state index in [1.165, 1.54) is 0 Å². The van der Waals surface area contributed by atoms with Gasteiger partial charge in [0.05, 0.1) is 20.1 Å². The summed E-state index contributed by atoms with van der Waals surface area (Å²) in [4.78, 5) is 2.19. The third-order valence-corrected chi connectivity index (χ3v) is 2.92. The maximum atomic E-state index is 12.2. The minimum absolute atomic E-state index is 0.139. The minimum atomic E-state index is -4.04. The summed E-state index contributed by atoms with van der Waals surface area (Å²) in [6.45, 7) is 5.06. The molecule has 1 saturated heterocycles. The summed E-state index contributed by atoms with van der Waals surface area (Å²) in [6.07, 6.45) is -4.04. The summed E-state index contributed by atoms with van der Waals surface area (Å²) in [6, 6.07) is 0. The van der Waals surface area contributed by atoms with Crippen LogP contribution in [0, 0.1) is 0 Å². The molecular formula is C9H18F3N2+. The summed E-state index contributed by atoms with van der Waals surface area (Å²) < 4.78 is 36.8. The van der Waals surface area contributed by atoms with E-state index < -0.39 is 12.7 Å². The third kappa shape index (κ3) is 3.46. The summed E-state index contributed by atoms with van der Waals surface area (Å²) in [5, 5.41) is 0. The maximum absolute atomic E-state index is 12.2. The number of piperazine rings is 1. The van der Waals surface area contributed by atoms with Crippen LogP contribution in [0.4, 0.5) is 13.2 Å². The molecule has 1 aliphatic rings. The van der Waals surface area contributed by atoms with Crippen molar-refractivity contribution >= 4 is 0 Å². The fraction of sp³-hybridized carbons (Fsp3) is 1.00. The zero-order valence-corrected chi connectivity index (χ0v) is 8.77. The number of hydrogen-bond acceptors (Lipinski definition) is 1. The van der Waals surface area contributed by atoms with Crippen molar-refractivity contribution in [2.24, 2.45) is 0 Å². The highest BCUT2D eigenvalue weighted by atomic mass is 19.4. The lowest BCUT2D eigenvalue weighted by Gasteiger charge is -2.41. The van der Waals surface area contributed by atoms with Crippen molar-refractivity contribution in [2.45, 2.75) is 13.1 Å². The molecule has 0 spiro atoms. The lowest BCUT2D eigenvalue weighted by Crippen LogP contribution is -2.60. The van der Waals surface area contributed by atoms with Crippen LogP contribution in [0.3, 0.4) is 0 Å². The normalized spacial score (nSPS) is 23.8. The molecule has 14 heavy (non-hydrogen) atoms. The third-order valence-electron chi connectivity index (χ3n) is 2.92. The zero-order valence-electron chi connectivity index (χ0n) is 8.77. The van der Waals surface area contributed by atoms with Crippen LogP contribution in [0.25, 0.3) is 0 Å². The number of nitrogens with zero attached hydrogens (tertiary/aromatic N) is 2. The molecule has 2 nitrogen and oxygen atoms in total. The molecular weight excluding hydrogens is 193 g/mol. The molecule has 0 unspecified atom stereocenters. The van der Waals surface area contributed by atoms with Gasteiger partial charge in [-0.05, 0) is 6.54 Å². The first-order valence-electron chi connectivity index (χ1n) is 4.97. The zero-order chi connectivity index (χ0) is 10.8. The lowest BCUT2D eigenvalue weighted by atomic mass is 10.2. The van der Waals surface area contributed by atoms with Crippen LogP contribution in [0.5, 0.6) is 0 Å². The highest BCUT2D eigenvalue weighted by Gasteiger charge is 2.41. The molecule has 1 heterocycles. The Morgan fingerprint density at radius 2 is 1.71 bits per heavy atom. The fourth-order valence-electron chi connectivity index (χ4n) is 1.90. The van der Waals surface area contributed by atoms with Gasteiger partial charge >= 0.3 is 6.18 Å². The average molecular weight is 211 g/mol. The first kappa shape index (κ1) is 11.8. The maximum Gasteiger partial charge on any atom is 0.438 e. The van der Waals surface area contributed by atoms with Gasteiger partial charge in [-0.1, -0.05) is 6.92 Å². The summed E-state index contributed by atoms with van der Waals surface area (Å²) >= 11 is 0. The Kier molecular flexibility index (Phi) is 3.42. The largest absolute Gasteiger partial charge is 0.438 e. The van der Waals surface area contributed by atoms with Gasteiger partial charge in [-0.15, -0.1) is 0 Å². The molecule has 1 rings (SSSR count). The van der Waals surface area contributed by atoms with Gasteiger partial charge in [0, 0.05) is 13.1 Å². The van der Waals surface area contributed by atoms with Crippen LogP contribution in [-0.4, -0.2) is 61.9 Å². The fourth-order valence-corrected chi connectivity index (χ4v) is 1.90. The molecule has 0 aromatic rings. The standard InChI is InChI=1S/C9H18F3N2/c1-3-13-4-6-14(2,7-5-13)8-9(10,11)12/h3-8H2,1-2H3/q+1. The van der Waals surface area contributed by atoms with Crippen LogP contribution in [-0.2, 0) is 0 Å². The number of alkyl halides is 3. The number of likely N-dealkylation sites (N-methyl/N-ethyl adjacent to an activating group) is 2. The van der Waals surface area contributed by atoms with Gasteiger partial charge in [0.2, 0.25) is 0 Å². The van der Waals surface area contributed by atoms with Gasteiger partial charge in [-0.25, -0.2) is 0 Å². The van der Waals surface area contributed by atoms with E-state index in [0.29, 0.717) is 13.1 Å². The second kappa shape index (κ2) is 4.06. The summed E-state index contributed by atoms with van der Waals surface area (Å²) in [7, 11) is 1.69. The van der Waals surface area contributed by atoms with Crippen LogP contribution < -0.4 is 0 Å². The number of quaternary nitrogens is 1. The average Bonchev–Trinajstić information content (AvgIpc) is 2.01. The van der Waals surface area contributed by atoms with Crippen molar-refractivity contribution in [1.82, 2.24) is 4.90 Å². The van der Waals surface area contributed by atoms with Gasteiger partial charge in [-0.2, -0.15) is 13.2 Å². The lowest BCUT2D eigenvalue weighted by molar-refractivity contribution is -0.923. The second-order valence-electron chi connectivity index (χ2n) is 4.27. The first-order valence-corrected chi connectivity index (χ1v) is 4.97. The minimum Gasteiger partial charge on any atom is -0.316 e. The molecule has 0 amide bonds. The monoisotopic (exact) mass is 211 g/mol. The molecule has 0 aromatic carbocycles. The SMILES string of the molecule is CCN1CC[N+](C)(CC(F)(F)F)CC1. The number of halogens is 3. The van der Waals surface area contributed by atoms with Crippen molar-refractivity contribution in [3.8, 4) is 0 Å². The van der Waals surface area contributed by atoms with Crippen molar-refractivity contribution in [3.05, 3.63) is 0 Å². The highest BCUT2D eigenvalue weighted by Crippen LogP contribution is 2.21. The summed E-state index contributed by atoms with van der Waals surface area (Å²) in [5.74, 6) is 0. The quantitative estimate of drug-likeness (QED) is 0.623. The van der Waals surface area contributed by atoms with Gasteiger partial charge in [0.25, 0.3) is 0 Å². The van der Waals surface area contributed by atoms with E-state index >= 15 is 0 Å². The van der Waals surface area contributed by atoms with Crippen molar-refractivity contribution in [1.29, 1.82) is 0 Å². The number of hydrogen-bond donors (Lipinski definition) is 0. The van der Waals surface area contributed by atoms with E-state index in [9.17, 15) is 13.2 Å². The van der Waals surface area contributed by atoms with Crippen LogP contribution in [0.2, 0.25) is 0 Å². The van der Waals surface area contributed by atoms with Crippen molar-refractivity contribution < 1.29 is 17.7 Å². The molecule has 0 bridgehead atoms. The van der Waals surface area contributed by atoms with E-state index in [2.05, 4.69) is 4.90 Å². The Hall–Kier alpha value is -0.290. The van der Waals surface area contributed by atoms with Gasteiger partial charge in [0.1, 0.15) is 0 Å². The van der Waals surface area contributed by atoms with Crippen LogP contribution >= 0.6 is 0 Å². The van der Waals surface area contributed by atoms with E-state index in [0.717, 1.165) is 19.6 Å². The predicted octanol–water partition coefficient (Wildman–Crippen LogP) is 1.33. The Labute approximate surface area is 82.9 Å². The van der Waals surface area contributed by atoms with Gasteiger partial charge in [-0.3, -0.25) is 4.90 Å². The summed E-state index contributed by atoms with van der Waals surface area (Å²) in [5.41, 5.74) is 0. The van der Waals surface area contributed by atoms with Gasteiger partial charge in [0.15, 0.2) is 6.54 Å². The molecule has 0 aromatic heterocycles. The Morgan fingerprint density at radius 1 is 1.21 bits per heavy atom. The molecule has 1 fully saturated rings. The Balaban J connectivity index is 2.45. The second-order valence-corrected chi connectivity index (χ2v) is 4.27. The smallest absolute Gasteiger partial charge is 0.316 e. The van der Waals surface area contributed by atoms with Crippen molar-refractivity contribution in [2.75, 3.05) is 46.3 Å². The molecule has 0 saturated carbocycles. The van der Waals surface area contributed by atoms with Crippen molar-refractivity contribution in [3.63, 3.8) is 0 Å². The molecule has 1 aliphatic heterocycles. The molecule has 84 valence electrons. The topological polar surface area (TPSA) is 3.24 Å². The molecule has 0 aliphatic carbocycles. The number of rotatable bonds is 2. The molecule has 0 atom stereocenters. The predicted molar refractivity (Wildman–Crippen MR) is 49.0 cm³/mol. The van der Waals surface area contributed by atoms with E-state index in [4.69, 9.17) is 0 Å². The van der Waals surface area contributed by atoms with Crippen LogP contribution in [0.15, 0.2) is 0 Å². The van der Waals surface area contributed by atoms with E-state index in [1.807, 2.05) is 6.92 Å². The molecule has 0 radical (unpaired) electrons. The van der Waals surface area contributed by atoms with Crippen LogP contribution in [0.1, 0.15) is 6.92 Å². The Morgan fingerprint density at radius 3 is 2.07 bits per heavy atom. The Bertz CT molecular complexity index is 183. The highest BCUT2D eigenvalue weighted by molar-refractivity contribution is 4.62. The molecule has 5 heteroatoms. The molecule has 0 N–H and O–H groups in total. The van der Waals surface area contributed by atoms with Gasteiger partial charge < -0.3 is 4.48 Å². The van der Waals surface area contributed by atoms with E-state index in [1.54, 1.807) is 7.05 Å².